The van der Waals surface area contributed by atoms with Crippen molar-refractivity contribution in [3.8, 4) is 11.5 Å². The van der Waals surface area contributed by atoms with Crippen LogP contribution in [0.2, 0.25) is 0 Å². The maximum atomic E-state index is 12.5. The molecule has 4 nitrogen and oxygen atoms in total. The first-order chi connectivity index (χ1) is 10.7. The molecular weight excluding hydrogens is 325 g/mol. The molecule has 0 heterocycles. The van der Waals surface area contributed by atoms with E-state index in [9.17, 15) is 26.7 Å². The molecule has 0 aliphatic rings. The van der Waals surface area contributed by atoms with Crippen LogP contribution < -0.4 is 9.47 Å². The fourth-order valence-corrected chi connectivity index (χ4v) is 1.77. The predicted octanol–water partition coefficient (Wildman–Crippen LogP) is 3.49. The van der Waals surface area contributed by atoms with E-state index in [-0.39, 0.29) is 17.9 Å². The third kappa shape index (κ3) is 5.76. The third-order valence-electron chi connectivity index (χ3n) is 2.63. The van der Waals surface area contributed by atoms with Crippen molar-refractivity contribution >= 4 is 5.91 Å². The van der Waals surface area contributed by atoms with Crippen LogP contribution in [0.5, 0.6) is 11.5 Å². The van der Waals surface area contributed by atoms with Crippen LogP contribution in [0.25, 0.3) is 0 Å². The van der Waals surface area contributed by atoms with Crippen LogP contribution in [0, 0.1) is 0 Å². The zero-order valence-corrected chi connectivity index (χ0v) is 12.1. The van der Waals surface area contributed by atoms with Crippen LogP contribution in [0.4, 0.5) is 22.0 Å². The number of carbonyl (C=O) groups excluding carboxylic acids is 1. The highest BCUT2D eigenvalue weighted by Crippen LogP contribution is 2.30. The van der Waals surface area contributed by atoms with Gasteiger partial charge in [-0.05, 0) is 18.2 Å². The van der Waals surface area contributed by atoms with Gasteiger partial charge in [-0.2, -0.15) is 22.0 Å². The predicted molar refractivity (Wildman–Crippen MR) is 71.8 cm³/mol. The second-order valence-corrected chi connectivity index (χ2v) is 4.33. The number of carbonyl (C=O) groups is 1. The van der Waals surface area contributed by atoms with Gasteiger partial charge in [0.15, 0.2) is 11.5 Å². The minimum Gasteiger partial charge on any atom is -0.493 e. The minimum atomic E-state index is -4.60. The summed E-state index contributed by atoms with van der Waals surface area (Å²) in [6, 6.07) is 3.22. The molecule has 0 aliphatic heterocycles. The second kappa shape index (κ2) is 7.80. The monoisotopic (exact) mass is 339 g/mol. The van der Waals surface area contributed by atoms with Crippen molar-refractivity contribution in [2.24, 2.45) is 0 Å². The standard InChI is InChI=1S/C14H14F5NO3/c1-3-6-20(8-14(17,18)19)12(21)9-4-5-10(22-2)11(7-9)23-13(15)16/h3-5,7,13H,1,6,8H2,2H3. The Morgan fingerprint density at radius 3 is 2.48 bits per heavy atom. The molecule has 1 amide bonds. The van der Waals surface area contributed by atoms with Gasteiger partial charge in [0.1, 0.15) is 6.54 Å². The summed E-state index contributed by atoms with van der Waals surface area (Å²) >= 11 is 0. The molecule has 1 aromatic rings. The topological polar surface area (TPSA) is 38.8 Å². The van der Waals surface area contributed by atoms with Gasteiger partial charge in [0.2, 0.25) is 0 Å². The zero-order chi connectivity index (χ0) is 17.6. The Bertz CT molecular complexity index is 560. The van der Waals surface area contributed by atoms with Crippen molar-refractivity contribution in [3.63, 3.8) is 0 Å². The second-order valence-electron chi connectivity index (χ2n) is 4.33. The van der Waals surface area contributed by atoms with E-state index in [4.69, 9.17) is 4.74 Å². The van der Waals surface area contributed by atoms with Gasteiger partial charge in [-0.25, -0.2) is 0 Å². The van der Waals surface area contributed by atoms with Crippen LogP contribution in [-0.4, -0.2) is 43.8 Å². The smallest absolute Gasteiger partial charge is 0.406 e. The van der Waals surface area contributed by atoms with E-state index in [1.54, 1.807) is 0 Å². The molecule has 128 valence electrons. The lowest BCUT2D eigenvalue weighted by molar-refractivity contribution is -0.139. The Balaban J connectivity index is 3.11. The zero-order valence-electron chi connectivity index (χ0n) is 12.1. The van der Waals surface area contributed by atoms with E-state index < -0.39 is 31.0 Å². The van der Waals surface area contributed by atoms with Crippen molar-refractivity contribution in [2.45, 2.75) is 12.8 Å². The Labute approximate surface area is 129 Å². The SMILES string of the molecule is C=CCN(CC(F)(F)F)C(=O)c1ccc(OC)c(OC(F)F)c1. The summed E-state index contributed by atoms with van der Waals surface area (Å²) < 4.78 is 71.2. The number of ether oxygens (including phenoxy) is 2. The van der Waals surface area contributed by atoms with E-state index in [0.717, 1.165) is 24.3 Å². The quantitative estimate of drug-likeness (QED) is 0.564. The van der Waals surface area contributed by atoms with E-state index in [1.807, 2.05) is 0 Å². The molecule has 1 aromatic carbocycles. The van der Waals surface area contributed by atoms with Gasteiger partial charge in [0.05, 0.1) is 7.11 Å². The minimum absolute atomic E-state index is 0.0760. The third-order valence-corrected chi connectivity index (χ3v) is 2.63. The molecule has 0 aliphatic carbocycles. The number of rotatable bonds is 7. The maximum Gasteiger partial charge on any atom is 0.406 e. The lowest BCUT2D eigenvalue weighted by atomic mass is 10.1. The summed E-state index contributed by atoms with van der Waals surface area (Å²) in [6.45, 7) is -1.73. The average Bonchev–Trinajstić information content (AvgIpc) is 2.44. The normalized spacial score (nSPS) is 11.3. The van der Waals surface area contributed by atoms with Crippen LogP contribution >= 0.6 is 0 Å². The van der Waals surface area contributed by atoms with Crippen LogP contribution in [0.15, 0.2) is 30.9 Å². The number of benzene rings is 1. The summed E-state index contributed by atoms with van der Waals surface area (Å²) in [5.74, 6) is -1.52. The molecule has 0 atom stereocenters. The van der Waals surface area contributed by atoms with Gasteiger partial charge in [-0.3, -0.25) is 4.79 Å². The number of halogens is 5. The highest BCUT2D eigenvalue weighted by atomic mass is 19.4. The fraction of sp³-hybridized carbons (Fsp3) is 0.357. The number of hydrogen-bond donors (Lipinski definition) is 0. The van der Waals surface area contributed by atoms with Gasteiger partial charge in [0, 0.05) is 12.1 Å². The molecule has 0 spiro atoms. The number of amides is 1. The van der Waals surface area contributed by atoms with E-state index in [1.165, 1.54) is 7.11 Å². The number of methoxy groups -OCH3 is 1. The summed E-state index contributed by atoms with van der Waals surface area (Å²) in [5, 5.41) is 0. The van der Waals surface area contributed by atoms with Crippen molar-refractivity contribution in [3.05, 3.63) is 36.4 Å². The molecule has 0 bridgehead atoms. The van der Waals surface area contributed by atoms with E-state index in [2.05, 4.69) is 11.3 Å². The molecule has 0 radical (unpaired) electrons. The lowest BCUT2D eigenvalue weighted by Crippen LogP contribution is -2.39. The highest BCUT2D eigenvalue weighted by molar-refractivity contribution is 5.95. The Hall–Kier alpha value is -2.32. The van der Waals surface area contributed by atoms with Gasteiger partial charge < -0.3 is 14.4 Å². The van der Waals surface area contributed by atoms with Crippen molar-refractivity contribution in [1.82, 2.24) is 4.90 Å². The molecule has 0 saturated carbocycles. The Kier molecular flexibility index (Phi) is 6.35. The molecule has 0 aromatic heterocycles. The van der Waals surface area contributed by atoms with Crippen LogP contribution in [-0.2, 0) is 0 Å². The first kappa shape index (κ1) is 18.7. The van der Waals surface area contributed by atoms with Crippen molar-refractivity contribution in [2.75, 3.05) is 20.2 Å². The number of nitrogens with zero attached hydrogens (tertiary/aromatic N) is 1. The molecule has 9 heteroatoms. The molecule has 0 fully saturated rings. The fourth-order valence-electron chi connectivity index (χ4n) is 1.77. The van der Waals surface area contributed by atoms with Gasteiger partial charge >= 0.3 is 12.8 Å². The van der Waals surface area contributed by atoms with Gasteiger partial charge in [-0.15, -0.1) is 6.58 Å². The summed E-state index contributed by atoms with van der Waals surface area (Å²) in [4.78, 5) is 12.6. The molecule has 0 saturated heterocycles. The van der Waals surface area contributed by atoms with E-state index in [0.29, 0.717) is 4.90 Å². The molecule has 1 rings (SSSR count). The van der Waals surface area contributed by atoms with E-state index >= 15 is 0 Å². The van der Waals surface area contributed by atoms with Gasteiger partial charge in [-0.1, -0.05) is 6.08 Å². The maximum absolute atomic E-state index is 12.5. The van der Waals surface area contributed by atoms with Crippen LogP contribution in [0.3, 0.4) is 0 Å². The first-order valence-corrected chi connectivity index (χ1v) is 6.27. The molecule has 23 heavy (non-hydrogen) atoms. The highest BCUT2D eigenvalue weighted by Gasteiger charge is 2.33. The van der Waals surface area contributed by atoms with Crippen molar-refractivity contribution < 1.29 is 36.2 Å². The number of alkyl halides is 5. The average molecular weight is 339 g/mol. The summed E-state index contributed by atoms with van der Waals surface area (Å²) in [5.41, 5.74) is -0.243. The largest absolute Gasteiger partial charge is 0.493 e. The summed E-state index contributed by atoms with van der Waals surface area (Å²) in [6.07, 6.45) is -3.48. The Morgan fingerprint density at radius 2 is 2.00 bits per heavy atom. The molecule has 0 unspecified atom stereocenters. The molecular formula is C14H14F5NO3. The van der Waals surface area contributed by atoms with Crippen molar-refractivity contribution in [1.29, 1.82) is 0 Å². The molecule has 0 N–H and O–H groups in total. The lowest BCUT2D eigenvalue weighted by Gasteiger charge is -2.23. The number of hydrogen-bond acceptors (Lipinski definition) is 3. The first-order valence-electron chi connectivity index (χ1n) is 6.27. The Morgan fingerprint density at radius 1 is 1.35 bits per heavy atom. The van der Waals surface area contributed by atoms with Gasteiger partial charge in [0.25, 0.3) is 5.91 Å². The summed E-state index contributed by atoms with van der Waals surface area (Å²) in [7, 11) is 1.20. The van der Waals surface area contributed by atoms with Crippen LogP contribution in [0.1, 0.15) is 10.4 Å².